The maximum absolute atomic E-state index is 10.9. The summed E-state index contributed by atoms with van der Waals surface area (Å²) in [4.78, 5) is 14.9. The molecule has 1 heterocycles. The molecule has 0 saturated heterocycles. The first-order valence-corrected chi connectivity index (χ1v) is 6.91. The van der Waals surface area contributed by atoms with Crippen molar-refractivity contribution < 1.29 is 9.90 Å². The molecular weight excluding hydrogens is 344 g/mol. The number of pyridine rings is 1. The number of halogens is 4. The van der Waals surface area contributed by atoms with Crippen molar-refractivity contribution in [2.24, 2.45) is 0 Å². The van der Waals surface area contributed by atoms with E-state index in [0.717, 1.165) is 0 Å². The van der Waals surface area contributed by atoms with Crippen LogP contribution in [0.15, 0.2) is 24.4 Å². The Bertz CT molecular complexity index is 688. The number of benzene rings is 1. The summed E-state index contributed by atoms with van der Waals surface area (Å²) in [5.74, 6) is -0.988. The third-order valence-electron chi connectivity index (χ3n) is 2.60. The van der Waals surface area contributed by atoms with E-state index in [0.29, 0.717) is 21.7 Å². The Morgan fingerprint density at radius 2 is 1.90 bits per heavy atom. The van der Waals surface area contributed by atoms with Gasteiger partial charge in [-0.2, -0.15) is 0 Å². The van der Waals surface area contributed by atoms with Gasteiger partial charge in [-0.15, -0.1) is 0 Å². The number of hydrogen-bond acceptors (Lipinski definition) is 2. The molecule has 104 valence electrons. The van der Waals surface area contributed by atoms with Gasteiger partial charge in [0.1, 0.15) is 5.15 Å². The minimum absolute atomic E-state index is 0.143. The van der Waals surface area contributed by atoms with E-state index in [1.54, 1.807) is 12.1 Å². The number of hydrogen-bond donors (Lipinski definition) is 1. The lowest BCUT2D eigenvalue weighted by Crippen LogP contribution is -2.03. The molecule has 0 fully saturated rings. The van der Waals surface area contributed by atoms with Gasteiger partial charge in [-0.3, -0.25) is 4.79 Å². The third kappa shape index (κ3) is 3.18. The minimum atomic E-state index is -0.988. The van der Waals surface area contributed by atoms with Crippen molar-refractivity contribution in [1.82, 2.24) is 4.98 Å². The average Bonchev–Trinajstić information content (AvgIpc) is 2.34. The summed E-state index contributed by atoms with van der Waals surface area (Å²) in [5.41, 5.74) is 1.36. The Hall–Kier alpha value is -1.000. The van der Waals surface area contributed by atoms with Crippen molar-refractivity contribution >= 4 is 52.4 Å². The Morgan fingerprint density at radius 1 is 1.20 bits per heavy atom. The molecule has 0 bridgehead atoms. The first kappa shape index (κ1) is 15.4. The lowest BCUT2D eigenvalue weighted by atomic mass is 10.00. The van der Waals surface area contributed by atoms with Crippen LogP contribution in [0.2, 0.25) is 20.2 Å². The monoisotopic (exact) mass is 349 g/mol. The summed E-state index contributed by atoms with van der Waals surface area (Å²) < 4.78 is 0. The lowest BCUT2D eigenvalue weighted by molar-refractivity contribution is -0.136. The van der Waals surface area contributed by atoms with E-state index >= 15 is 0 Å². The highest BCUT2D eigenvalue weighted by molar-refractivity contribution is 6.45. The number of aromatic nitrogens is 1. The van der Waals surface area contributed by atoms with Gasteiger partial charge in [0, 0.05) is 22.3 Å². The van der Waals surface area contributed by atoms with Crippen molar-refractivity contribution in [1.29, 1.82) is 0 Å². The highest BCUT2D eigenvalue weighted by Crippen LogP contribution is 2.40. The van der Waals surface area contributed by atoms with Crippen molar-refractivity contribution in [2.45, 2.75) is 6.42 Å². The number of carboxylic acids is 1. The first-order valence-electron chi connectivity index (χ1n) is 5.40. The quantitative estimate of drug-likeness (QED) is 0.626. The predicted octanol–water partition coefficient (Wildman–Crippen LogP) is 4.99. The summed E-state index contributed by atoms with van der Waals surface area (Å²) in [6.45, 7) is 0. The molecule has 0 aliphatic carbocycles. The van der Waals surface area contributed by atoms with Gasteiger partial charge in [0.2, 0.25) is 0 Å². The normalized spacial score (nSPS) is 10.6. The number of aliphatic carboxylic acids is 1. The highest BCUT2D eigenvalue weighted by atomic mass is 35.5. The second kappa shape index (κ2) is 6.19. The molecule has 0 radical (unpaired) electrons. The van der Waals surface area contributed by atoms with E-state index in [4.69, 9.17) is 51.5 Å². The SMILES string of the molecule is O=C(O)Cc1ccnc(Cl)c1-c1cc(Cl)cc(Cl)c1Cl. The van der Waals surface area contributed by atoms with Crippen LogP contribution in [0.3, 0.4) is 0 Å². The molecule has 0 spiro atoms. The molecule has 20 heavy (non-hydrogen) atoms. The standard InChI is InChI=1S/C13H7Cl4NO2/c14-7-4-8(12(16)9(15)5-7)11-6(3-10(19)20)1-2-18-13(11)17/h1-2,4-5H,3H2,(H,19,20). The Kier molecular flexibility index (Phi) is 4.76. The fraction of sp³-hybridized carbons (Fsp3) is 0.0769. The van der Waals surface area contributed by atoms with Gasteiger partial charge in [0.25, 0.3) is 0 Å². The maximum Gasteiger partial charge on any atom is 0.307 e. The molecule has 0 atom stereocenters. The molecule has 1 aromatic heterocycles. The Balaban J connectivity index is 2.72. The summed E-state index contributed by atoms with van der Waals surface area (Å²) in [5, 5.41) is 9.98. The van der Waals surface area contributed by atoms with Crippen LogP contribution in [-0.2, 0) is 11.2 Å². The zero-order valence-corrected chi connectivity index (χ0v) is 12.9. The van der Waals surface area contributed by atoms with Crippen molar-refractivity contribution in [2.75, 3.05) is 0 Å². The second-order valence-corrected chi connectivity index (χ2v) is 5.54. The van der Waals surface area contributed by atoms with Gasteiger partial charge in [0.05, 0.1) is 16.5 Å². The van der Waals surface area contributed by atoms with Crippen molar-refractivity contribution in [3.05, 3.63) is 50.2 Å². The van der Waals surface area contributed by atoms with Crippen LogP contribution in [0.4, 0.5) is 0 Å². The number of nitrogens with zero attached hydrogens (tertiary/aromatic N) is 1. The molecule has 0 unspecified atom stereocenters. The minimum Gasteiger partial charge on any atom is -0.481 e. The van der Waals surface area contributed by atoms with Gasteiger partial charge >= 0.3 is 5.97 Å². The zero-order chi connectivity index (χ0) is 14.9. The van der Waals surface area contributed by atoms with Gasteiger partial charge < -0.3 is 5.11 Å². The smallest absolute Gasteiger partial charge is 0.307 e. The van der Waals surface area contributed by atoms with Crippen LogP contribution in [-0.4, -0.2) is 16.1 Å². The van der Waals surface area contributed by atoms with E-state index in [9.17, 15) is 4.79 Å². The summed E-state index contributed by atoms with van der Waals surface area (Å²) >= 11 is 24.2. The molecule has 0 amide bonds. The van der Waals surface area contributed by atoms with Crippen LogP contribution in [0.1, 0.15) is 5.56 Å². The second-order valence-electron chi connectivity index (χ2n) is 3.96. The van der Waals surface area contributed by atoms with Crippen molar-refractivity contribution in [3.8, 4) is 11.1 Å². The maximum atomic E-state index is 10.9. The fourth-order valence-corrected chi connectivity index (χ4v) is 2.78. The van der Waals surface area contributed by atoms with Crippen molar-refractivity contribution in [3.63, 3.8) is 0 Å². The fourth-order valence-electron chi connectivity index (χ4n) is 1.81. The van der Waals surface area contributed by atoms with E-state index in [2.05, 4.69) is 4.98 Å². The predicted molar refractivity (Wildman–Crippen MR) is 81.1 cm³/mol. The van der Waals surface area contributed by atoms with E-state index in [-0.39, 0.29) is 21.6 Å². The molecule has 2 rings (SSSR count). The molecule has 2 aromatic rings. The van der Waals surface area contributed by atoms with Crippen LogP contribution in [0.25, 0.3) is 11.1 Å². The molecule has 1 aromatic carbocycles. The highest BCUT2D eigenvalue weighted by Gasteiger charge is 2.18. The first-order chi connectivity index (χ1) is 9.40. The number of carbonyl (C=O) groups is 1. The lowest BCUT2D eigenvalue weighted by Gasteiger charge is -2.12. The Labute approximate surface area is 135 Å². The molecule has 0 saturated carbocycles. The van der Waals surface area contributed by atoms with Gasteiger partial charge in [-0.25, -0.2) is 4.98 Å². The topological polar surface area (TPSA) is 50.2 Å². The van der Waals surface area contributed by atoms with Gasteiger partial charge in [-0.1, -0.05) is 46.4 Å². The van der Waals surface area contributed by atoms with Crippen LogP contribution in [0.5, 0.6) is 0 Å². The third-order valence-corrected chi connectivity index (χ3v) is 3.90. The average molecular weight is 351 g/mol. The Morgan fingerprint density at radius 3 is 2.55 bits per heavy atom. The summed E-state index contributed by atoms with van der Waals surface area (Å²) in [7, 11) is 0. The van der Waals surface area contributed by atoms with E-state index < -0.39 is 5.97 Å². The number of carboxylic acid groups (broad SMARTS) is 1. The molecule has 3 nitrogen and oxygen atoms in total. The molecule has 7 heteroatoms. The van der Waals surface area contributed by atoms with Crippen LogP contribution >= 0.6 is 46.4 Å². The van der Waals surface area contributed by atoms with E-state index in [1.807, 2.05) is 0 Å². The molecule has 0 aliphatic rings. The van der Waals surface area contributed by atoms with Crippen LogP contribution in [0, 0.1) is 0 Å². The molecule has 0 aliphatic heterocycles. The van der Waals surface area contributed by atoms with Crippen LogP contribution < -0.4 is 0 Å². The van der Waals surface area contributed by atoms with Gasteiger partial charge in [0.15, 0.2) is 0 Å². The van der Waals surface area contributed by atoms with Gasteiger partial charge in [-0.05, 0) is 23.8 Å². The summed E-state index contributed by atoms with van der Waals surface area (Å²) in [6.07, 6.45) is 1.22. The van der Waals surface area contributed by atoms with E-state index in [1.165, 1.54) is 12.3 Å². The zero-order valence-electron chi connectivity index (χ0n) is 9.83. The largest absolute Gasteiger partial charge is 0.481 e. The molecule has 1 N–H and O–H groups in total. The summed E-state index contributed by atoms with van der Waals surface area (Å²) in [6, 6.07) is 4.64. The molecular formula is C13H7Cl4NO2. The number of rotatable bonds is 3.